The van der Waals surface area contributed by atoms with E-state index in [0.29, 0.717) is 19.7 Å². The van der Waals surface area contributed by atoms with Crippen molar-refractivity contribution in [3.8, 4) is 0 Å². The number of likely N-dealkylation sites (tertiary alicyclic amines) is 1. The Balaban J connectivity index is 1.91. The SMILES string of the molecule is CCc1cc(CO[C@@H]2CN(C(=O)OC(C)(C)C)C[C@H]2N)ccc1C. The van der Waals surface area contributed by atoms with Crippen LogP contribution in [-0.2, 0) is 22.5 Å². The van der Waals surface area contributed by atoms with Gasteiger partial charge >= 0.3 is 6.09 Å². The summed E-state index contributed by atoms with van der Waals surface area (Å²) in [5.74, 6) is 0. The molecule has 2 rings (SSSR count). The highest BCUT2D eigenvalue weighted by atomic mass is 16.6. The molecule has 0 saturated carbocycles. The van der Waals surface area contributed by atoms with Crippen molar-refractivity contribution in [3.05, 3.63) is 34.9 Å². The molecular weight excluding hydrogens is 304 g/mol. The molecule has 1 aromatic carbocycles. The predicted octanol–water partition coefficient (Wildman–Crippen LogP) is 3.02. The maximum atomic E-state index is 12.1. The summed E-state index contributed by atoms with van der Waals surface area (Å²) >= 11 is 0. The van der Waals surface area contributed by atoms with Gasteiger partial charge in [-0.05, 0) is 50.8 Å². The number of hydrogen-bond acceptors (Lipinski definition) is 4. The van der Waals surface area contributed by atoms with Crippen LogP contribution in [0.5, 0.6) is 0 Å². The molecule has 5 heteroatoms. The molecule has 2 N–H and O–H groups in total. The smallest absolute Gasteiger partial charge is 0.410 e. The topological polar surface area (TPSA) is 64.8 Å². The average Bonchev–Trinajstić information content (AvgIpc) is 2.86. The second-order valence-corrected chi connectivity index (χ2v) is 7.51. The van der Waals surface area contributed by atoms with Gasteiger partial charge in [-0.1, -0.05) is 25.1 Å². The molecule has 0 aliphatic carbocycles. The summed E-state index contributed by atoms with van der Waals surface area (Å²) in [7, 11) is 0. The lowest BCUT2D eigenvalue weighted by Gasteiger charge is -2.24. The lowest BCUT2D eigenvalue weighted by atomic mass is 10.0. The highest BCUT2D eigenvalue weighted by molar-refractivity contribution is 5.68. The monoisotopic (exact) mass is 334 g/mol. The van der Waals surface area contributed by atoms with Crippen LogP contribution in [0.2, 0.25) is 0 Å². The average molecular weight is 334 g/mol. The summed E-state index contributed by atoms with van der Waals surface area (Å²) in [4.78, 5) is 13.8. The first-order valence-corrected chi connectivity index (χ1v) is 8.63. The van der Waals surface area contributed by atoms with Gasteiger partial charge in [0, 0.05) is 6.54 Å². The fraction of sp³-hybridized carbons (Fsp3) is 0.632. The lowest BCUT2D eigenvalue weighted by molar-refractivity contribution is 0.0172. The standard InChI is InChI=1S/C19H30N2O3/c1-6-15-9-14(8-7-13(15)2)12-23-17-11-21(10-16(17)20)18(22)24-19(3,4)5/h7-9,16-17H,6,10-12,20H2,1-5H3/t16-,17-/m1/s1. The molecular formula is C19H30N2O3. The van der Waals surface area contributed by atoms with E-state index >= 15 is 0 Å². The van der Waals surface area contributed by atoms with Crippen LogP contribution >= 0.6 is 0 Å². The van der Waals surface area contributed by atoms with Gasteiger partial charge in [0.1, 0.15) is 5.60 Å². The normalized spacial score (nSPS) is 21.2. The first-order chi connectivity index (χ1) is 11.2. The third kappa shape index (κ3) is 4.95. The molecule has 0 radical (unpaired) electrons. The minimum absolute atomic E-state index is 0.163. The molecule has 0 unspecified atom stereocenters. The van der Waals surface area contributed by atoms with E-state index in [1.807, 2.05) is 20.8 Å². The Bertz CT molecular complexity index is 580. The first-order valence-electron chi connectivity index (χ1n) is 8.63. The van der Waals surface area contributed by atoms with Crippen LogP contribution in [0.3, 0.4) is 0 Å². The Morgan fingerprint density at radius 3 is 2.67 bits per heavy atom. The van der Waals surface area contributed by atoms with E-state index in [1.165, 1.54) is 11.1 Å². The number of amides is 1. The van der Waals surface area contributed by atoms with Crippen LogP contribution in [-0.4, -0.2) is 41.8 Å². The maximum absolute atomic E-state index is 12.1. The Hall–Kier alpha value is -1.59. The quantitative estimate of drug-likeness (QED) is 0.919. The third-order valence-electron chi connectivity index (χ3n) is 4.22. The van der Waals surface area contributed by atoms with Gasteiger partial charge in [-0.25, -0.2) is 4.79 Å². The predicted molar refractivity (Wildman–Crippen MR) is 94.9 cm³/mol. The zero-order chi connectivity index (χ0) is 17.9. The Morgan fingerprint density at radius 2 is 2.04 bits per heavy atom. The van der Waals surface area contributed by atoms with Crippen LogP contribution in [0, 0.1) is 6.92 Å². The molecule has 1 aliphatic heterocycles. The van der Waals surface area contributed by atoms with Gasteiger partial charge in [0.15, 0.2) is 0 Å². The largest absolute Gasteiger partial charge is 0.444 e. The van der Waals surface area contributed by atoms with Crippen molar-refractivity contribution in [1.29, 1.82) is 0 Å². The number of rotatable bonds is 4. The number of carbonyl (C=O) groups excluding carboxylic acids is 1. The first kappa shape index (κ1) is 18.7. The second-order valence-electron chi connectivity index (χ2n) is 7.51. The number of aryl methyl sites for hydroxylation is 2. The highest BCUT2D eigenvalue weighted by Gasteiger charge is 2.35. The molecule has 1 aromatic rings. The summed E-state index contributed by atoms with van der Waals surface area (Å²) in [5, 5.41) is 0. The minimum Gasteiger partial charge on any atom is -0.444 e. The number of nitrogens with two attached hydrogens (primary N) is 1. The van der Waals surface area contributed by atoms with Crippen LogP contribution in [0.1, 0.15) is 44.4 Å². The summed E-state index contributed by atoms with van der Waals surface area (Å²) in [6, 6.07) is 6.20. The van der Waals surface area contributed by atoms with E-state index in [9.17, 15) is 4.79 Å². The summed E-state index contributed by atoms with van der Waals surface area (Å²) in [6.45, 7) is 11.3. The van der Waals surface area contributed by atoms with Crippen molar-refractivity contribution in [2.24, 2.45) is 5.73 Å². The van der Waals surface area contributed by atoms with Gasteiger partial charge in [-0.3, -0.25) is 0 Å². The molecule has 0 spiro atoms. The molecule has 0 bridgehead atoms. The van der Waals surface area contributed by atoms with Crippen molar-refractivity contribution in [3.63, 3.8) is 0 Å². The van der Waals surface area contributed by atoms with Crippen LogP contribution in [0.25, 0.3) is 0 Å². The third-order valence-corrected chi connectivity index (χ3v) is 4.22. The Labute approximate surface area is 145 Å². The second kappa shape index (κ2) is 7.53. The van der Waals surface area contributed by atoms with Crippen molar-refractivity contribution in [2.75, 3.05) is 13.1 Å². The van der Waals surface area contributed by atoms with Crippen molar-refractivity contribution < 1.29 is 14.3 Å². The van der Waals surface area contributed by atoms with Gasteiger partial charge in [0.2, 0.25) is 0 Å². The molecule has 1 saturated heterocycles. The minimum atomic E-state index is -0.501. The molecule has 134 valence electrons. The zero-order valence-electron chi connectivity index (χ0n) is 15.5. The van der Waals surface area contributed by atoms with E-state index in [1.54, 1.807) is 4.90 Å². The molecule has 24 heavy (non-hydrogen) atoms. The number of benzene rings is 1. The van der Waals surface area contributed by atoms with Gasteiger partial charge < -0.3 is 20.1 Å². The number of nitrogens with zero attached hydrogens (tertiary/aromatic N) is 1. The van der Waals surface area contributed by atoms with E-state index in [2.05, 4.69) is 32.0 Å². The summed E-state index contributed by atoms with van der Waals surface area (Å²) in [5.41, 5.74) is 9.41. The van der Waals surface area contributed by atoms with Gasteiger partial charge in [0.25, 0.3) is 0 Å². The maximum Gasteiger partial charge on any atom is 0.410 e. The lowest BCUT2D eigenvalue weighted by Crippen LogP contribution is -2.36. The molecule has 2 atom stereocenters. The molecule has 1 fully saturated rings. The van der Waals surface area contributed by atoms with E-state index in [-0.39, 0.29) is 18.2 Å². The van der Waals surface area contributed by atoms with Gasteiger partial charge in [-0.15, -0.1) is 0 Å². The van der Waals surface area contributed by atoms with Crippen LogP contribution < -0.4 is 5.73 Å². The number of carbonyl (C=O) groups is 1. The molecule has 0 aromatic heterocycles. The molecule has 5 nitrogen and oxygen atoms in total. The molecule has 1 aliphatic rings. The summed E-state index contributed by atoms with van der Waals surface area (Å²) < 4.78 is 11.4. The highest BCUT2D eigenvalue weighted by Crippen LogP contribution is 2.19. The van der Waals surface area contributed by atoms with Gasteiger partial charge in [-0.2, -0.15) is 0 Å². The van der Waals surface area contributed by atoms with Crippen molar-refractivity contribution in [2.45, 2.75) is 65.4 Å². The zero-order valence-corrected chi connectivity index (χ0v) is 15.5. The number of hydrogen-bond donors (Lipinski definition) is 1. The Morgan fingerprint density at radius 1 is 1.33 bits per heavy atom. The fourth-order valence-corrected chi connectivity index (χ4v) is 2.85. The van der Waals surface area contributed by atoms with Crippen LogP contribution in [0.4, 0.5) is 4.79 Å². The van der Waals surface area contributed by atoms with Crippen LogP contribution in [0.15, 0.2) is 18.2 Å². The summed E-state index contributed by atoms with van der Waals surface area (Å²) in [6.07, 6.45) is 0.520. The van der Waals surface area contributed by atoms with Crippen molar-refractivity contribution >= 4 is 6.09 Å². The fourth-order valence-electron chi connectivity index (χ4n) is 2.85. The van der Waals surface area contributed by atoms with E-state index in [4.69, 9.17) is 15.2 Å². The van der Waals surface area contributed by atoms with Crippen molar-refractivity contribution in [1.82, 2.24) is 4.90 Å². The number of ether oxygens (including phenoxy) is 2. The van der Waals surface area contributed by atoms with E-state index < -0.39 is 5.60 Å². The van der Waals surface area contributed by atoms with Gasteiger partial charge in [0.05, 0.1) is 25.3 Å². The molecule has 1 amide bonds. The van der Waals surface area contributed by atoms with E-state index in [0.717, 1.165) is 12.0 Å². The Kier molecular flexibility index (Phi) is 5.88. The molecule has 1 heterocycles.